The van der Waals surface area contributed by atoms with Gasteiger partial charge in [-0.05, 0) is 54.3 Å². The van der Waals surface area contributed by atoms with Crippen LogP contribution in [-0.2, 0) is 10.0 Å². The number of rotatable bonds is 5. The second-order valence-corrected chi connectivity index (χ2v) is 7.74. The molecule has 0 unspecified atom stereocenters. The summed E-state index contributed by atoms with van der Waals surface area (Å²) in [6.07, 6.45) is 0. The molecule has 23 heavy (non-hydrogen) atoms. The molecule has 0 aliphatic carbocycles. The first-order chi connectivity index (χ1) is 10.7. The van der Waals surface area contributed by atoms with Crippen LogP contribution in [0.5, 0.6) is 5.75 Å². The molecular weight excluding hydrogens is 334 g/mol. The van der Waals surface area contributed by atoms with Crippen LogP contribution in [0.1, 0.15) is 30.9 Å². The number of aryl methyl sites for hydroxylation is 1. The van der Waals surface area contributed by atoms with E-state index in [1.54, 1.807) is 37.4 Å². The minimum absolute atomic E-state index is 0.146. The van der Waals surface area contributed by atoms with Gasteiger partial charge in [0.05, 0.1) is 17.7 Å². The summed E-state index contributed by atoms with van der Waals surface area (Å²) in [5.74, 6) is 0.825. The molecule has 0 heterocycles. The second kappa shape index (κ2) is 6.81. The first-order valence-electron chi connectivity index (χ1n) is 7.21. The molecule has 1 N–H and O–H groups in total. The first-order valence-corrected chi connectivity index (χ1v) is 9.07. The molecule has 0 saturated carbocycles. The molecule has 0 spiro atoms. The number of sulfonamides is 1. The van der Waals surface area contributed by atoms with Gasteiger partial charge in [0.1, 0.15) is 5.75 Å². The molecule has 0 bridgehead atoms. The Labute approximate surface area is 142 Å². The third-order valence-electron chi connectivity index (χ3n) is 3.58. The number of hydrogen-bond donors (Lipinski definition) is 1. The van der Waals surface area contributed by atoms with E-state index in [4.69, 9.17) is 16.3 Å². The summed E-state index contributed by atoms with van der Waals surface area (Å²) in [7, 11) is -2.13. The average molecular weight is 354 g/mol. The molecule has 2 aromatic carbocycles. The maximum atomic E-state index is 12.6. The lowest BCUT2D eigenvalue weighted by molar-refractivity contribution is 0.407. The summed E-state index contributed by atoms with van der Waals surface area (Å²) in [4.78, 5) is 0.196. The largest absolute Gasteiger partial charge is 0.496 e. The SMILES string of the molecule is COc1ccc(S(=O)(=O)Nc2cc(Cl)ccc2C)cc1C(C)C. The van der Waals surface area contributed by atoms with Crippen LogP contribution >= 0.6 is 11.6 Å². The van der Waals surface area contributed by atoms with E-state index < -0.39 is 10.0 Å². The number of halogens is 1. The minimum atomic E-state index is -3.70. The average Bonchev–Trinajstić information content (AvgIpc) is 2.50. The van der Waals surface area contributed by atoms with Gasteiger partial charge in [-0.15, -0.1) is 0 Å². The first kappa shape index (κ1) is 17.6. The van der Waals surface area contributed by atoms with E-state index >= 15 is 0 Å². The van der Waals surface area contributed by atoms with Crippen LogP contribution in [0.3, 0.4) is 0 Å². The van der Waals surface area contributed by atoms with Gasteiger partial charge in [-0.3, -0.25) is 4.72 Å². The normalized spacial score (nSPS) is 11.6. The highest BCUT2D eigenvalue weighted by Crippen LogP contribution is 2.30. The fraction of sp³-hybridized carbons (Fsp3) is 0.294. The van der Waals surface area contributed by atoms with E-state index in [0.717, 1.165) is 11.1 Å². The number of benzene rings is 2. The topological polar surface area (TPSA) is 55.4 Å². The van der Waals surface area contributed by atoms with Crippen molar-refractivity contribution in [3.63, 3.8) is 0 Å². The molecule has 0 amide bonds. The molecule has 124 valence electrons. The van der Waals surface area contributed by atoms with Crippen molar-refractivity contribution in [3.05, 3.63) is 52.5 Å². The van der Waals surface area contributed by atoms with Gasteiger partial charge < -0.3 is 4.74 Å². The summed E-state index contributed by atoms with van der Waals surface area (Å²) in [5, 5.41) is 0.478. The Morgan fingerprint density at radius 3 is 2.43 bits per heavy atom. The van der Waals surface area contributed by atoms with Crippen LogP contribution in [0, 0.1) is 6.92 Å². The molecule has 0 aliphatic heterocycles. The van der Waals surface area contributed by atoms with Crippen molar-refractivity contribution in [2.45, 2.75) is 31.6 Å². The monoisotopic (exact) mass is 353 g/mol. The standard InChI is InChI=1S/C17H20ClNO3S/c1-11(2)15-10-14(7-8-17(15)22-4)23(20,21)19-16-9-13(18)6-5-12(16)3/h5-11,19H,1-4H3. The smallest absolute Gasteiger partial charge is 0.261 e. The molecular formula is C17H20ClNO3S. The third-order valence-corrected chi connectivity index (χ3v) is 5.18. The molecule has 0 fully saturated rings. The highest BCUT2D eigenvalue weighted by atomic mass is 35.5. The number of anilines is 1. The lowest BCUT2D eigenvalue weighted by atomic mass is 10.0. The van der Waals surface area contributed by atoms with Crippen LogP contribution in [0.4, 0.5) is 5.69 Å². The molecule has 2 aromatic rings. The Kier molecular flexibility index (Phi) is 5.22. The van der Waals surface area contributed by atoms with E-state index in [1.807, 2.05) is 20.8 Å². The lowest BCUT2D eigenvalue weighted by Gasteiger charge is -2.15. The highest BCUT2D eigenvalue weighted by molar-refractivity contribution is 7.92. The zero-order valence-electron chi connectivity index (χ0n) is 13.6. The van der Waals surface area contributed by atoms with Crippen molar-refractivity contribution in [2.75, 3.05) is 11.8 Å². The van der Waals surface area contributed by atoms with Gasteiger partial charge in [0.2, 0.25) is 0 Å². The van der Waals surface area contributed by atoms with E-state index in [2.05, 4.69) is 4.72 Å². The molecule has 4 nitrogen and oxygen atoms in total. The molecule has 0 saturated heterocycles. The van der Waals surface area contributed by atoms with Crippen LogP contribution < -0.4 is 9.46 Å². The Balaban J connectivity index is 2.44. The molecule has 0 aliphatic rings. The summed E-state index contributed by atoms with van der Waals surface area (Å²) >= 11 is 5.95. The Morgan fingerprint density at radius 2 is 1.83 bits per heavy atom. The third kappa shape index (κ3) is 3.98. The maximum absolute atomic E-state index is 12.6. The lowest BCUT2D eigenvalue weighted by Crippen LogP contribution is -2.14. The van der Waals surface area contributed by atoms with Gasteiger partial charge in [0.15, 0.2) is 0 Å². The summed E-state index contributed by atoms with van der Waals surface area (Å²) in [6, 6.07) is 9.95. The van der Waals surface area contributed by atoms with Gasteiger partial charge in [-0.2, -0.15) is 0 Å². The molecule has 2 rings (SSSR count). The Hall–Kier alpha value is -1.72. The van der Waals surface area contributed by atoms with Gasteiger partial charge in [0, 0.05) is 5.02 Å². The Morgan fingerprint density at radius 1 is 1.13 bits per heavy atom. The van der Waals surface area contributed by atoms with E-state index in [9.17, 15) is 8.42 Å². The van der Waals surface area contributed by atoms with Crippen molar-refractivity contribution < 1.29 is 13.2 Å². The number of hydrogen-bond acceptors (Lipinski definition) is 3. The fourth-order valence-electron chi connectivity index (χ4n) is 2.24. The minimum Gasteiger partial charge on any atom is -0.496 e. The van der Waals surface area contributed by atoms with Crippen molar-refractivity contribution in [1.29, 1.82) is 0 Å². The predicted molar refractivity (Wildman–Crippen MR) is 94.1 cm³/mol. The van der Waals surface area contributed by atoms with Crippen LogP contribution in [0.25, 0.3) is 0 Å². The molecule has 0 radical (unpaired) electrons. The van der Waals surface area contributed by atoms with Crippen LogP contribution in [0.15, 0.2) is 41.3 Å². The van der Waals surface area contributed by atoms with Gasteiger partial charge >= 0.3 is 0 Å². The fourth-order valence-corrected chi connectivity index (χ4v) is 3.57. The maximum Gasteiger partial charge on any atom is 0.261 e. The van der Waals surface area contributed by atoms with E-state index in [1.165, 1.54) is 6.07 Å². The Bertz CT molecular complexity index is 817. The summed E-state index contributed by atoms with van der Waals surface area (Å²) in [5.41, 5.74) is 2.12. The number of nitrogens with one attached hydrogen (secondary N) is 1. The van der Waals surface area contributed by atoms with Crippen molar-refractivity contribution in [1.82, 2.24) is 0 Å². The summed E-state index contributed by atoms with van der Waals surface area (Å²) < 4.78 is 33.2. The van der Waals surface area contributed by atoms with Crippen molar-refractivity contribution in [3.8, 4) is 5.75 Å². The van der Waals surface area contributed by atoms with E-state index in [0.29, 0.717) is 16.5 Å². The summed E-state index contributed by atoms with van der Waals surface area (Å²) in [6.45, 7) is 5.80. The van der Waals surface area contributed by atoms with Crippen LogP contribution in [0.2, 0.25) is 5.02 Å². The molecule has 6 heteroatoms. The molecule has 0 atom stereocenters. The zero-order valence-corrected chi connectivity index (χ0v) is 15.1. The number of methoxy groups -OCH3 is 1. The second-order valence-electron chi connectivity index (χ2n) is 5.62. The van der Waals surface area contributed by atoms with Crippen molar-refractivity contribution in [2.24, 2.45) is 0 Å². The van der Waals surface area contributed by atoms with E-state index in [-0.39, 0.29) is 10.8 Å². The van der Waals surface area contributed by atoms with Crippen molar-refractivity contribution >= 4 is 27.3 Å². The highest BCUT2D eigenvalue weighted by Gasteiger charge is 2.18. The van der Waals surface area contributed by atoms with Gasteiger partial charge in [-0.1, -0.05) is 31.5 Å². The van der Waals surface area contributed by atoms with Crippen LogP contribution in [-0.4, -0.2) is 15.5 Å². The zero-order chi connectivity index (χ0) is 17.2. The molecule has 0 aromatic heterocycles. The number of ether oxygens (including phenoxy) is 1. The predicted octanol–water partition coefficient (Wildman–Crippen LogP) is 4.58. The van der Waals surface area contributed by atoms with Gasteiger partial charge in [0.25, 0.3) is 10.0 Å². The quantitative estimate of drug-likeness (QED) is 0.855. The van der Waals surface area contributed by atoms with Gasteiger partial charge in [-0.25, -0.2) is 8.42 Å².